The quantitative estimate of drug-likeness (QED) is 0.434. The van der Waals surface area contributed by atoms with E-state index in [1.54, 1.807) is 34.4 Å². The highest BCUT2D eigenvalue weighted by Crippen LogP contribution is 2.34. The van der Waals surface area contributed by atoms with E-state index in [-0.39, 0.29) is 42.9 Å². The molecule has 1 saturated heterocycles. The highest BCUT2D eigenvalue weighted by molar-refractivity contribution is 7.12. The number of amides is 2. The first-order chi connectivity index (χ1) is 17.1. The predicted molar refractivity (Wildman–Crippen MR) is 134 cm³/mol. The molecular formula is C26H27FN2O4S2. The molecule has 2 atom stereocenters. The van der Waals surface area contributed by atoms with E-state index >= 15 is 0 Å². The lowest BCUT2D eigenvalue weighted by Gasteiger charge is -2.37. The van der Waals surface area contributed by atoms with E-state index in [9.17, 15) is 14.0 Å². The molecule has 0 N–H and O–H groups in total. The molecule has 0 unspecified atom stereocenters. The van der Waals surface area contributed by atoms with Crippen molar-refractivity contribution in [3.63, 3.8) is 0 Å². The van der Waals surface area contributed by atoms with Crippen LogP contribution in [0.5, 0.6) is 5.75 Å². The third kappa shape index (κ3) is 5.58. The van der Waals surface area contributed by atoms with Crippen molar-refractivity contribution < 1.29 is 23.5 Å². The van der Waals surface area contributed by atoms with Crippen LogP contribution in [0.3, 0.4) is 0 Å². The largest absolute Gasteiger partial charge is 0.491 e. The van der Waals surface area contributed by atoms with Gasteiger partial charge in [-0.25, -0.2) is 4.39 Å². The molecule has 0 aliphatic carbocycles. The highest BCUT2D eigenvalue weighted by atomic mass is 32.1. The molecule has 2 aliphatic heterocycles. The van der Waals surface area contributed by atoms with E-state index in [1.165, 1.54) is 28.3 Å². The van der Waals surface area contributed by atoms with Crippen LogP contribution < -0.4 is 4.74 Å². The van der Waals surface area contributed by atoms with Crippen molar-refractivity contribution in [3.05, 3.63) is 74.4 Å². The first kappa shape index (κ1) is 24.0. The second kappa shape index (κ2) is 10.9. The standard InChI is InChI=1S/C26H27FN2O4S2/c27-18-5-7-19(8-6-18)33-17-22-21-10-14-35-23(21)9-11-29(22)25(30)16-28(15-20-3-1-12-32-20)26(31)24-4-2-13-34-24/h2,4-8,10,13-14,20,22H,1,3,9,11-12,15-17H2/t20-,22-/m0/s1. The molecule has 9 heteroatoms. The van der Waals surface area contributed by atoms with Crippen molar-refractivity contribution >= 4 is 34.5 Å². The Morgan fingerprint density at radius 1 is 1.14 bits per heavy atom. The number of halogens is 1. The molecule has 2 aromatic heterocycles. The molecule has 4 heterocycles. The lowest BCUT2D eigenvalue weighted by atomic mass is 10.0. The number of fused-ring (bicyclic) bond motifs is 1. The van der Waals surface area contributed by atoms with E-state index in [4.69, 9.17) is 9.47 Å². The molecule has 184 valence electrons. The minimum absolute atomic E-state index is 0.0108. The van der Waals surface area contributed by atoms with E-state index in [0.717, 1.165) is 24.8 Å². The summed E-state index contributed by atoms with van der Waals surface area (Å²) >= 11 is 3.06. The van der Waals surface area contributed by atoms with E-state index < -0.39 is 0 Å². The fraction of sp³-hybridized carbons (Fsp3) is 0.385. The first-order valence-corrected chi connectivity index (χ1v) is 13.5. The van der Waals surface area contributed by atoms with Gasteiger partial charge in [-0.3, -0.25) is 9.59 Å². The summed E-state index contributed by atoms with van der Waals surface area (Å²) in [5.74, 6) is -0.0311. The molecule has 6 nitrogen and oxygen atoms in total. The molecule has 0 radical (unpaired) electrons. The Hall–Kier alpha value is -2.75. The van der Waals surface area contributed by atoms with Gasteiger partial charge in [0.2, 0.25) is 5.91 Å². The SMILES string of the molecule is O=C(c1cccs1)N(CC(=O)N1CCc2sccc2[C@@H]1COc1ccc(F)cc1)C[C@@H]1CCCO1. The van der Waals surface area contributed by atoms with Crippen LogP contribution in [0.4, 0.5) is 4.39 Å². The molecule has 3 aromatic rings. The van der Waals surface area contributed by atoms with Crippen LogP contribution in [-0.4, -0.2) is 60.6 Å². The Bertz CT molecular complexity index is 1140. The van der Waals surface area contributed by atoms with Gasteiger partial charge in [-0.05, 0) is 72.0 Å². The number of rotatable bonds is 8. The number of nitrogens with zero attached hydrogens (tertiary/aromatic N) is 2. The van der Waals surface area contributed by atoms with Crippen molar-refractivity contribution in [1.82, 2.24) is 9.80 Å². The van der Waals surface area contributed by atoms with Crippen LogP contribution in [0.2, 0.25) is 0 Å². The number of carbonyl (C=O) groups is 2. The summed E-state index contributed by atoms with van der Waals surface area (Å²) in [5.41, 5.74) is 1.08. The predicted octanol–water partition coefficient (Wildman–Crippen LogP) is 4.77. The summed E-state index contributed by atoms with van der Waals surface area (Å²) in [5, 5.41) is 3.90. The summed E-state index contributed by atoms with van der Waals surface area (Å²) in [6.45, 7) is 1.89. The number of benzene rings is 1. The van der Waals surface area contributed by atoms with Crippen molar-refractivity contribution in [3.8, 4) is 5.75 Å². The van der Waals surface area contributed by atoms with Gasteiger partial charge in [-0.15, -0.1) is 22.7 Å². The Labute approximate surface area is 211 Å². The number of hydrogen-bond acceptors (Lipinski definition) is 6. The van der Waals surface area contributed by atoms with Crippen molar-refractivity contribution in [2.75, 3.05) is 32.8 Å². The van der Waals surface area contributed by atoms with Gasteiger partial charge < -0.3 is 19.3 Å². The monoisotopic (exact) mass is 514 g/mol. The topological polar surface area (TPSA) is 59.1 Å². The molecule has 0 spiro atoms. The number of ether oxygens (including phenoxy) is 2. The molecule has 2 amide bonds. The summed E-state index contributed by atoms with van der Waals surface area (Å²) in [4.78, 5) is 32.2. The zero-order chi connectivity index (χ0) is 24.2. The van der Waals surface area contributed by atoms with Gasteiger partial charge in [-0.1, -0.05) is 6.07 Å². The maximum Gasteiger partial charge on any atom is 0.264 e. The van der Waals surface area contributed by atoms with Gasteiger partial charge in [0, 0.05) is 24.6 Å². The highest BCUT2D eigenvalue weighted by Gasteiger charge is 2.34. The van der Waals surface area contributed by atoms with Gasteiger partial charge in [-0.2, -0.15) is 0 Å². The second-order valence-electron chi connectivity index (χ2n) is 8.71. The molecule has 0 bridgehead atoms. The fourth-order valence-corrected chi connectivity index (χ4v) is 6.26. The molecule has 35 heavy (non-hydrogen) atoms. The summed E-state index contributed by atoms with van der Waals surface area (Å²) in [6.07, 6.45) is 2.58. The van der Waals surface area contributed by atoms with Gasteiger partial charge in [0.25, 0.3) is 5.91 Å². The van der Waals surface area contributed by atoms with Crippen molar-refractivity contribution in [2.24, 2.45) is 0 Å². The molecular weight excluding hydrogens is 487 g/mol. The average molecular weight is 515 g/mol. The van der Waals surface area contributed by atoms with Gasteiger partial charge in [0.05, 0.1) is 17.0 Å². The van der Waals surface area contributed by atoms with Crippen LogP contribution in [0.25, 0.3) is 0 Å². The maximum absolute atomic E-state index is 13.6. The Kier molecular flexibility index (Phi) is 7.46. The second-order valence-corrected chi connectivity index (χ2v) is 10.7. The van der Waals surface area contributed by atoms with Gasteiger partial charge >= 0.3 is 0 Å². The Morgan fingerprint density at radius 2 is 2.00 bits per heavy atom. The lowest BCUT2D eigenvalue weighted by molar-refractivity contribution is -0.135. The fourth-order valence-electron chi connectivity index (χ4n) is 4.64. The summed E-state index contributed by atoms with van der Waals surface area (Å²) in [6, 6.07) is 11.3. The van der Waals surface area contributed by atoms with Gasteiger partial charge in [0.15, 0.2) is 0 Å². The summed E-state index contributed by atoms with van der Waals surface area (Å²) in [7, 11) is 0. The van der Waals surface area contributed by atoms with E-state index in [1.807, 2.05) is 27.8 Å². The minimum Gasteiger partial charge on any atom is -0.491 e. The van der Waals surface area contributed by atoms with Gasteiger partial charge in [0.1, 0.15) is 24.7 Å². The van der Waals surface area contributed by atoms with Crippen LogP contribution in [0.15, 0.2) is 53.2 Å². The molecule has 5 rings (SSSR count). The van der Waals surface area contributed by atoms with E-state index in [2.05, 4.69) is 0 Å². The van der Waals surface area contributed by atoms with Crippen molar-refractivity contribution in [1.29, 1.82) is 0 Å². The maximum atomic E-state index is 13.6. The summed E-state index contributed by atoms with van der Waals surface area (Å²) < 4.78 is 25.0. The number of hydrogen-bond donors (Lipinski definition) is 0. The zero-order valence-corrected chi connectivity index (χ0v) is 20.9. The van der Waals surface area contributed by atoms with E-state index in [0.29, 0.717) is 30.3 Å². The van der Waals surface area contributed by atoms with Crippen molar-refractivity contribution in [2.45, 2.75) is 31.4 Å². The zero-order valence-electron chi connectivity index (χ0n) is 19.2. The first-order valence-electron chi connectivity index (χ1n) is 11.8. The molecule has 0 saturated carbocycles. The normalized spacial score (nSPS) is 19.4. The van der Waals surface area contributed by atoms with Crippen LogP contribution >= 0.6 is 22.7 Å². The van der Waals surface area contributed by atoms with Crippen LogP contribution in [0, 0.1) is 5.82 Å². The average Bonchev–Trinajstić information content (AvgIpc) is 3.65. The minimum atomic E-state index is -0.325. The molecule has 1 fully saturated rings. The Balaban J connectivity index is 1.33. The smallest absolute Gasteiger partial charge is 0.264 e. The van der Waals surface area contributed by atoms with Crippen LogP contribution in [-0.2, 0) is 16.0 Å². The molecule has 1 aromatic carbocycles. The number of carbonyl (C=O) groups excluding carboxylic acids is 2. The number of thiophene rings is 2. The Morgan fingerprint density at radius 3 is 2.74 bits per heavy atom. The molecule has 2 aliphatic rings. The third-order valence-electron chi connectivity index (χ3n) is 6.43. The lowest BCUT2D eigenvalue weighted by Crippen LogP contribution is -2.49. The third-order valence-corrected chi connectivity index (χ3v) is 8.28. The van der Waals surface area contributed by atoms with Crippen LogP contribution in [0.1, 0.15) is 39.0 Å².